The number of hydrogen-bond donors (Lipinski definition) is 1. The van der Waals surface area contributed by atoms with Gasteiger partial charge >= 0.3 is 6.09 Å². The van der Waals surface area contributed by atoms with Crippen LogP contribution in [0.4, 0.5) is 9.93 Å². The highest BCUT2D eigenvalue weighted by molar-refractivity contribution is 7.15. The molecule has 1 atom stereocenters. The first-order valence-corrected chi connectivity index (χ1v) is 7.05. The number of nitrogens with zero attached hydrogens (tertiary/aromatic N) is 2. The molecule has 20 heavy (non-hydrogen) atoms. The molecule has 0 aliphatic heterocycles. The van der Waals surface area contributed by atoms with E-state index in [-0.39, 0.29) is 0 Å². The summed E-state index contributed by atoms with van der Waals surface area (Å²) in [6.45, 7) is 7.12. The van der Waals surface area contributed by atoms with E-state index in [0.29, 0.717) is 6.29 Å². The first-order valence-electron chi connectivity index (χ1n) is 6.23. The fraction of sp³-hybridized carbons (Fsp3) is 0.615. The zero-order chi connectivity index (χ0) is 15.5. The summed E-state index contributed by atoms with van der Waals surface area (Å²) in [6, 6.07) is -0.740. The van der Waals surface area contributed by atoms with Gasteiger partial charge in [-0.05, 0) is 27.7 Å². The van der Waals surface area contributed by atoms with Crippen molar-refractivity contribution in [2.45, 2.75) is 39.3 Å². The topological polar surface area (TPSA) is 71.5 Å². The molecule has 0 aliphatic rings. The van der Waals surface area contributed by atoms with Crippen molar-refractivity contribution in [2.75, 3.05) is 19.0 Å². The van der Waals surface area contributed by atoms with Gasteiger partial charge in [0, 0.05) is 14.1 Å². The maximum Gasteiger partial charge on any atom is 0.408 e. The van der Waals surface area contributed by atoms with Crippen LogP contribution in [-0.4, -0.2) is 37.1 Å². The first kappa shape index (κ1) is 16.4. The minimum absolute atomic E-state index is 0.602. The number of ether oxygens (including phenoxy) is 1. The van der Waals surface area contributed by atoms with Crippen molar-refractivity contribution in [2.24, 2.45) is 0 Å². The summed E-state index contributed by atoms with van der Waals surface area (Å²) in [6.07, 6.45) is 0.0675. The standard InChI is InChI=1S/C13H21N3O3S/c1-8-10(20-11(14-8)16(5)6)9(7-17)15-12(18)19-13(2,3)4/h7,9H,1-6H3,(H,15,18). The number of amides is 1. The van der Waals surface area contributed by atoms with Crippen molar-refractivity contribution in [1.29, 1.82) is 0 Å². The van der Waals surface area contributed by atoms with Crippen LogP contribution in [0.15, 0.2) is 0 Å². The van der Waals surface area contributed by atoms with Crippen molar-refractivity contribution < 1.29 is 14.3 Å². The number of carbonyl (C=O) groups excluding carboxylic acids is 2. The lowest BCUT2D eigenvalue weighted by Crippen LogP contribution is -2.35. The summed E-state index contributed by atoms with van der Waals surface area (Å²) in [5, 5.41) is 3.34. The molecule has 1 aromatic heterocycles. The predicted molar refractivity (Wildman–Crippen MR) is 79.4 cm³/mol. The van der Waals surface area contributed by atoms with Crippen molar-refractivity contribution in [3.05, 3.63) is 10.6 Å². The third-order valence-electron chi connectivity index (χ3n) is 2.29. The van der Waals surface area contributed by atoms with Gasteiger partial charge in [0.15, 0.2) is 5.13 Å². The third-order valence-corrected chi connectivity index (χ3v) is 3.70. The zero-order valence-electron chi connectivity index (χ0n) is 12.7. The highest BCUT2D eigenvalue weighted by Crippen LogP contribution is 2.29. The lowest BCUT2D eigenvalue weighted by Gasteiger charge is -2.21. The summed E-state index contributed by atoms with van der Waals surface area (Å²) >= 11 is 1.37. The molecule has 1 rings (SSSR count). The Morgan fingerprint density at radius 3 is 2.45 bits per heavy atom. The van der Waals surface area contributed by atoms with Gasteiger partial charge in [-0.3, -0.25) is 0 Å². The molecule has 6 nitrogen and oxygen atoms in total. The maximum atomic E-state index is 11.7. The fourth-order valence-electron chi connectivity index (χ4n) is 1.47. The Morgan fingerprint density at radius 2 is 2.05 bits per heavy atom. The number of thiazole rings is 1. The van der Waals surface area contributed by atoms with Crippen LogP contribution in [0, 0.1) is 6.92 Å². The molecule has 1 amide bonds. The Kier molecular flexibility index (Phi) is 5.10. The number of anilines is 1. The highest BCUT2D eigenvalue weighted by atomic mass is 32.1. The molecule has 0 saturated carbocycles. The Hall–Kier alpha value is -1.63. The Labute approximate surface area is 123 Å². The quantitative estimate of drug-likeness (QED) is 0.864. The van der Waals surface area contributed by atoms with Crippen LogP contribution in [0.25, 0.3) is 0 Å². The minimum Gasteiger partial charge on any atom is -0.444 e. The summed E-state index contributed by atoms with van der Waals surface area (Å²) in [4.78, 5) is 29.9. The van der Waals surface area contributed by atoms with Crippen LogP contribution >= 0.6 is 11.3 Å². The number of aromatic nitrogens is 1. The SMILES string of the molecule is Cc1nc(N(C)C)sc1C(C=O)NC(=O)OC(C)(C)C. The van der Waals surface area contributed by atoms with E-state index in [2.05, 4.69) is 10.3 Å². The molecule has 1 heterocycles. The Balaban J connectivity index is 2.86. The van der Waals surface area contributed by atoms with Gasteiger partial charge in [-0.25, -0.2) is 9.78 Å². The van der Waals surface area contributed by atoms with Gasteiger partial charge in [-0.15, -0.1) is 0 Å². The molecule has 0 radical (unpaired) electrons. The smallest absolute Gasteiger partial charge is 0.408 e. The number of aryl methyl sites for hydroxylation is 1. The van der Waals surface area contributed by atoms with Gasteiger partial charge in [-0.2, -0.15) is 0 Å². The molecular weight excluding hydrogens is 278 g/mol. The van der Waals surface area contributed by atoms with Gasteiger partial charge in [-0.1, -0.05) is 11.3 Å². The number of carbonyl (C=O) groups is 2. The average Bonchev–Trinajstić information content (AvgIpc) is 2.66. The van der Waals surface area contributed by atoms with Gasteiger partial charge in [0.25, 0.3) is 0 Å². The van der Waals surface area contributed by atoms with E-state index in [1.165, 1.54) is 11.3 Å². The molecule has 0 aliphatic carbocycles. The van der Waals surface area contributed by atoms with Gasteiger partial charge < -0.3 is 19.7 Å². The summed E-state index contributed by atoms with van der Waals surface area (Å²) in [5.41, 5.74) is 0.126. The fourth-order valence-corrected chi connectivity index (χ4v) is 2.47. The number of alkyl carbamates (subject to hydrolysis) is 1. The first-order chi connectivity index (χ1) is 9.14. The predicted octanol–water partition coefficient (Wildman–Crippen LogP) is 2.28. The number of nitrogens with one attached hydrogen (secondary N) is 1. The molecule has 112 valence electrons. The van der Waals surface area contributed by atoms with Crippen LogP contribution in [-0.2, 0) is 9.53 Å². The molecule has 0 fully saturated rings. The van der Waals surface area contributed by atoms with Gasteiger partial charge in [0.2, 0.25) is 0 Å². The van der Waals surface area contributed by atoms with E-state index in [4.69, 9.17) is 4.74 Å². The van der Waals surface area contributed by atoms with E-state index in [1.54, 1.807) is 20.8 Å². The van der Waals surface area contributed by atoms with Crippen LogP contribution in [0.3, 0.4) is 0 Å². The third kappa shape index (κ3) is 4.48. The number of hydrogen-bond acceptors (Lipinski definition) is 6. The second-order valence-corrected chi connectivity index (χ2v) is 6.61. The highest BCUT2D eigenvalue weighted by Gasteiger charge is 2.23. The molecular formula is C13H21N3O3S. The monoisotopic (exact) mass is 299 g/mol. The van der Waals surface area contributed by atoms with Crippen molar-refractivity contribution in [3.8, 4) is 0 Å². The molecule has 0 aromatic carbocycles. The molecule has 7 heteroatoms. The molecule has 0 saturated heterocycles. The van der Waals surface area contributed by atoms with E-state index >= 15 is 0 Å². The number of rotatable bonds is 4. The normalized spacial score (nSPS) is 12.7. The van der Waals surface area contributed by atoms with E-state index < -0.39 is 17.7 Å². The Bertz CT molecular complexity index is 492. The Morgan fingerprint density at radius 1 is 1.45 bits per heavy atom. The second kappa shape index (κ2) is 6.21. The molecule has 1 unspecified atom stereocenters. The molecule has 1 N–H and O–H groups in total. The number of aldehydes is 1. The average molecular weight is 299 g/mol. The van der Waals surface area contributed by atoms with Crippen LogP contribution in [0.5, 0.6) is 0 Å². The zero-order valence-corrected chi connectivity index (χ0v) is 13.5. The van der Waals surface area contributed by atoms with E-state index in [9.17, 15) is 9.59 Å². The van der Waals surface area contributed by atoms with Gasteiger partial charge in [0.1, 0.15) is 17.9 Å². The lowest BCUT2D eigenvalue weighted by atomic mass is 10.2. The largest absolute Gasteiger partial charge is 0.444 e. The maximum absolute atomic E-state index is 11.7. The lowest BCUT2D eigenvalue weighted by molar-refractivity contribution is -0.109. The minimum atomic E-state index is -0.740. The molecule has 0 bridgehead atoms. The van der Waals surface area contributed by atoms with Crippen LogP contribution in [0.1, 0.15) is 37.4 Å². The second-order valence-electron chi connectivity index (χ2n) is 5.60. The van der Waals surface area contributed by atoms with Crippen molar-refractivity contribution in [1.82, 2.24) is 10.3 Å². The van der Waals surface area contributed by atoms with Crippen molar-refractivity contribution >= 4 is 28.8 Å². The van der Waals surface area contributed by atoms with Crippen LogP contribution in [0.2, 0.25) is 0 Å². The summed E-state index contributed by atoms with van der Waals surface area (Å²) in [5.74, 6) is 0. The summed E-state index contributed by atoms with van der Waals surface area (Å²) in [7, 11) is 3.75. The van der Waals surface area contributed by atoms with E-state index in [0.717, 1.165) is 15.7 Å². The molecule has 0 spiro atoms. The molecule has 1 aromatic rings. The summed E-state index contributed by atoms with van der Waals surface area (Å²) < 4.78 is 5.15. The van der Waals surface area contributed by atoms with Gasteiger partial charge in [0.05, 0.1) is 10.6 Å². The van der Waals surface area contributed by atoms with E-state index in [1.807, 2.05) is 25.9 Å². The van der Waals surface area contributed by atoms with Crippen molar-refractivity contribution in [3.63, 3.8) is 0 Å². The van der Waals surface area contributed by atoms with Crippen LogP contribution < -0.4 is 10.2 Å².